The van der Waals surface area contributed by atoms with Crippen molar-refractivity contribution in [3.05, 3.63) is 56.8 Å². The first-order valence-corrected chi connectivity index (χ1v) is 7.52. The molecule has 0 spiro atoms. The first kappa shape index (κ1) is 15.3. The van der Waals surface area contributed by atoms with Gasteiger partial charge in [0.1, 0.15) is 0 Å². The molecule has 0 saturated carbocycles. The van der Waals surface area contributed by atoms with Crippen LogP contribution in [-0.2, 0) is 6.42 Å². The molecule has 0 aliphatic carbocycles. The molecule has 0 saturated heterocycles. The standard InChI is InChI=1S/C16H17NO3S/c1-10-5-6-11(2)14(16(19)20)13(10)15(18)17-8-7-12-4-3-9-21-12/h3-6,9H,7-8H2,1-2H3,(H,17,18)(H,19,20). The summed E-state index contributed by atoms with van der Waals surface area (Å²) in [5.74, 6) is -1.40. The molecule has 0 bridgehead atoms. The number of aryl methyl sites for hydroxylation is 2. The van der Waals surface area contributed by atoms with Gasteiger partial charge in [-0.15, -0.1) is 11.3 Å². The van der Waals surface area contributed by atoms with Crippen molar-refractivity contribution in [3.63, 3.8) is 0 Å². The predicted molar refractivity (Wildman–Crippen MR) is 83.2 cm³/mol. The predicted octanol–water partition coefficient (Wildman–Crippen LogP) is 3.04. The summed E-state index contributed by atoms with van der Waals surface area (Å²) in [6, 6.07) is 7.48. The van der Waals surface area contributed by atoms with Crippen molar-refractivity contribution in [2.24, 2.45) is 0 Å². The minimum atomic E-state index is -1.07. The second-order valence-electron chi connectivity index (χ2n) is 4.84. The first-order chi connectivity index (χ1) is 10.0. The number of aromatic carboxylic acids is 1. The SMILES string of the molecule is Cc1ccc(C)c(C(=O)NCCc2cccs2)c1C(=O)O. The maximum Gasteiger partial charge on any atom is 0.336 e. The number of carboxylic acid groups (broad SMARTS) is 1. The fourth-order valence-electron chi connectivity index (χ4n) is 2.22. The smallest absolute Gasteiger partial charge is 0.336 e. The summed E-state index contributed by atoms with van der Waals surface area (Å²) < 4.78 is 0. The lowest BCUT2D eigenvalue weighted by atomic mass is 9.96. The van der Waals surface area contributed by atoms with E-state index >= 15 is 0 Å². The molecule has 1 aromatic carbocycles. The van der Waals surface area contributed by atoms with Gasteiger partial charge < -0.3 is 10.4 Å². The summed E-state index contributed by atoms with van der Waals surface area (Å²) in [5.41, 5.74) is 1.61. The third-order valence-electron chi connectivity index (χ3n) is 3.30. The van der Waals surface area contributed by atoms with Crippen LogP contribution in [0.15, 0.2) is 29.6 Å². The molecule has 21 heavy (non-hydrogen) atoms. The van der Waals surface area contributed by atoms with Crippen LogP contribution in [0.5, 0.6) is 0 Å². The number of hydrogen-bond acceptors (Lipinski definition) is 3. The molecule has 1 heterocycles. The highest BCUT2D eigenvalue weighted by Crippen LogP contribution is 2.19. The highest BCUT2D eigenvalue weighted by atomic mass is 32.1. The van der Waals surface area contributed by atoms with Gasteiger partial charge in [0.25, 0.3) is 5.91 Å². The molecule has 1 amide bonds. The molecule has 1 aromatic heterocycles. The average molecular weight is 303 g/mol. The minimum absolute atomic E-state index is 0.0867. The summed E-state index contributed by atoms with van der Waals surface area (Å²) in [5, 5.41) is 14.1. The van der Waals surface area contributed by atoms with E-state index in [4.69, 9.17) is 0 Å². The fourth-order valence-corrected chi connectivity index (χ4v) is 2.93. The Kier molecular flexibility index (Phi) is 4.75. The second kappa shape index (κ2) is 6.54. The van der Waals surface area contributed by atoms with Crippen LogP contribution < -0.4 is 5.32 Å². The maximum atomic E-state index is 12.3. The summed E-state index contributed by atoms with van der Waals surface area (Å²) in [7, 11) is 0. The quantitative estimate of drug-likeness (QED) is 0.892. The van der Waals surface area contributed by atoms with Gasteiger partial charge in [-0.1, -0.05) is 18.2 Å². The molecule has 0 aliphatic heterocycles. The van der Waals surface area contributed by atoms with Gasteiger partial charge in [-0.3, -0.25) is 4.79 Å². The van der Waals surface area contributed by atoms with Crippen LogP contribution in [0.2, 0.25) is 0 Å². The molecule has 2 rings (SSSR count). The van der Waals surface area contributed by atoms with E-state index in [1.165, 1.54) is 4.88 Å². The van der Waals surface area contributed by atoms with Gasteiger partial charge >= 0.3 is 5.97 Å². The van der Waals surface area contributed by atoms with Crippen molar-refractivity contribution in [2.45, 2.75) is 20.3 Å². The third-order valence-corrected chi connectivity index (χ3v) is 4.24. The largest absolute Gasteiger partial charge is 0.478 e. The lowest BCUT2D eigenvalue weighted by molar-refractivity contribution is 0.0690. The maximum absolute atomic E-state index is 12.3. The number of carbonyl (C=O) groups is 2. The molecule has 0 aliphatic rings. The molecule has 110 valence electrons. The number of amides is 1. The van der Waals surface area contributed by atoms with E-state index in [9.17, 15) is 14.7 Å². The molecule has 0 unspecified atom stereocenters. The number of carbonyl (C=O) groups excluding carboxylic acids is 1. The Morgan fingerprint density at radius 2 is 1.81 bits per heavy atom. The summed E-state index contributed by atoms with van der Waals surface area (Å²) in [6.45, 7) is 3.94. The van der Waals surface area contributed by atoms with Crippen molar-refractivity contribution in [2.75, 3.05) is 6.54 Å². The Morgan fingerprint density at radius 1 is 1.14 bits per heavy atom. The zero-order valence-electron chi connectivity index (χ0n) is 12.0. The van der Waals surface area contributed by atoms with Crippen LogP contribution in [0.25, 0.3) is 0 Å². The Bertz CT molecular complexity index is 662. The summed E-state index contributed by atoms with van der Waals surface area (Å²) in [6.07, 6.45) is 0.747. The Labute approximate surface area is 127 Å². The van der Waals surface area contributed by atoms with Crippen molar-refractivity contribution < 1.29 is 14.7 Å². The van der Waals surface area contributed by atoms with E-state index in [0.717, 1.165) is 6.42 Å². The van der Waals surface area contributed by atoms with E-state index in [1.54, 1.807) is 37.3 Å². The third kappa shape index (κ3) is 3.49. The van der Waals surface area contributed by atoms with E-state index in [0.29, 0.717) is 17.7 Å². The summed E-state index contributed by atoms with van der Waals surface area (Å²) >= 11 is 1.64. The zero-order chi connectivity index (χ0) is 15.4. The fraction of sp³-hybridized carbons (Fsp3) is 0.250. The number of hydrogen-bond donors (Lipinski definition) is 2. The molecular formula is C16H17NO3S. The summed E-state index contributed by atoms with van der Waals surface area (Å²) in [4.78, 5) is 24.9. The monoisotopic (exact) mass is 303 g/mol. The second-order valence-corrected chi connectivity index (χ2v) is 5.87. The van der Waals surface area contributed by atoms with E-state index in [2.05, 4.69) is 5.32 Å². The number of rotatable bonds is 5. The van der Waals surface area contributed by atoms with Gasteiger partial charge in [0, 0.05) is 11.4 Å². The first-order valence-electron chi connectivity index (χ1n) is 6.64. The lowest BCUT2D eigenvalue weighted by Gasteiger charge is -2.12. The van der Waals surface area contributed by atoms with Crippen molar-refractivity contribution in [1.29, 1.82) is 0 Å². The van der Waals surface area contributed by atoms with Gasteiger partial charge in [-0.05, 0) is 42.8 Å². The van der Waals surface area contributed by atoms with Gasteiger partial charge in [-0.2, -0.15) is 0 Å². The molecular weight excluding hydrogens is 286 g/mol. The van der Waals surface area contributed by atoms with Crippen LogP contribution in [0.3, 0.4) is 0 Å². The van der Waals surface area contributed by atoms with Crippen molar-refractivity contribution in [3.8, 4) is 0 Å². The molecule has 2 aromatic rings. The van der Waals surface area contributed by atoms with Crippen molar-refractivity contribution in [1.82, 2.24) is 5.32 Å². The molecule has 4 nitrogen and oxygen atoms in total. The Hall–Kier alpha value is -2.14. The molecule has 0 radical (unpaired) electrons. The van der Waals surface area contributed by atoms with Crippen molar-refractivity contribution >= 4 is 23.2 Å². The van der Waals surface area contributed by atoms with Gasteiger partial charge in [-0.25, -0.2) is 4.79 Å². The van der Waals surface area contributed by atoms with Crippen LogP contribution in [0.4, 0.5) is 0 Å². The average Bonchev–Trinajstić information content (AvgIpc) is 2.93. The van der Waals surface area contributed by atoms with Gasteiger partial charge in [0.05, 0.1) is 11.1 Å². The van der Waals surface area contributed by atoms with Crippen LogP contribution >= 0.6 is 11.3 Å². The molecule has 2 N–H and O–H groups in total. The Balaban J connectivity index is 2.15. The number of carboxylic acids is 1. The molecule has 0 atom stereocenters. The van der Waals surface area contributed by atoms with E-state index < -0.39 is 5.97 Å². The topological polar surface area (TPSA) is 66.4 Å². The van der Waals surface area contributed by atoms with Gasteiger partial charge in [0.2, 0.25) is 0 Å². The minimum Gasteiger partial charge on any atom is -0.478 e. The van der Waals surface area contributed by atoms with E-state index in [1.807, 2.05) is 17.5 Å². The Morgan fingerprint density at radius 3 is 2.38 bits per heavy atom. The van der Waals surface area contributed by atoms with Crippen LogP contribution in [0.1, 0.15) is 36.7 Å². The zero-order valence-corrected chi connectivity index (χ0v) is 12.8. The van der Waals surface area contributed by atoms with Gasteiger partial charge in [0.15, 0.2) is 0 Å². The molecule has 0 fully saturated rings. The number of thiophene rings is 1. The highest BCUT2D eigenvalue weighted by molar-refractivity contribution is 7.09. The highest BCUT2D eigenvalue weighted by Gasteiger charge is 2.20. The lowest BCUT2D eigenvalue weighted by Crippen LogP contribution is -2.28. The number of benzene rings is 1. The van der Waals surface area contributed by atoms with Crippen LogP contribution in [-0.4, -0.2) is 23.5 Å². The molecule has 5 heteroatoms. The van der Waals surface area contributed by atoms with E-state index in [-0.39, 0.29) is 17.0 Å². The normalized spacial score (nSPS) is 10.4. The number of nitrogens with one attached hydrogen (secondary N) is 1. The van der Waals surface area contributed by atoms with Crippen LogP contribution in [0, 0.1) is 13.8 Å².